The van der Waals surface area contributed by atoms with Gasteiger partial charge in [-0.25, -0.2) is 9.37 Å². The molecule has 0 aliphatic rings. The van der Waals surface area contributed by atoms with Crippen LogP contribution in [0.15, 0.2) is 39.3 Å². The van der Waals surface area contributed by atoms with E-state index in [1.165, 1.54) is 12.1 Å². The van der Waals surface area contributed by atoms with Crippen molar-refractivity contribution in [2.24, 2.45) is 0 Å². The van der Waals surface area contributed by atoms with E-state index in [4.69, 9.17) is 0 Å². The number of pyridine rings is 1. The molecule has 0 amide bonds. The van der Waals surface area contributed by atoms with Crippen molar-refractivity contribution in [2.45, 2.75) is 6.92 Å². The first kappa shape index (κ1) is 12.5. The highest BCUT2D eigenvalue weighted by Gasteiger charge is 2.04. The lowest BCUT2D eigenvalue weighted by atomic mass is 10.3. The van der Waals surface area contributed by atoms with Gasteiger partial charge in [0.15, 0.2) is 0 Å². The Bertz CT molecular complexity index is 558. The maximum Gasteiger partial charge on any atom is 0.130 e. The third kappa shape index (κ3) is 3.04. The van der Waals surface area contributed by atoms with Gasteiger partial charge in [0.25, 0.3) is 0 Å². The molecule has 1 N–H and O–H groups in total. The van der Waals surface area contributed by atoms with Crippen LogP contribution in [0.1, 0.15) is 5.69 Å². The zero-order valence-corrected chi connectivity index (χ0v) is 12.1. The van der Waals surface area contributed by atoms with Crippen LogP contribution in [-0.4, -0.2) is 4.98 Å². The fourth-order valence-electron chi connectivity index (χ4n) is 1.34. The molecule has 0 spiro atoms. The summed E-state index contributed by atoms with van der Waals surface area (Å²) < 4.78 is 14.8. The average Bonchev–Trinajstić information content (AvgIpc) is 2.29. The molecule has 0 aliphatic heterocycles. The van der Waals surface area contributed by atoms with Crippen LogP contribution < -0.4 is 5.32 Å². The van der Waals surface area contributed by atoms with E-state index in [1.54, 1.807) is 6.07 Å². The van der Waals surface area contributed by atoms with Gasteiger partial charge >= 0.3 is 0 Å². The average molecular weight is 360 g/mol. The minimum absolute atomic E-state index is 0.287. The van der Waals surface area contributed by atoms with Gasteiger partial charge in [0.05, 0.1) is 11.4 Å². The minimum Gasteiger partial charge on any atom is -0.339 e. The van der Waals surface area contributed by atoms with Crippen molar-refractivity contribution in [1.82, 2.24) is 4.98 Å². The second-order valence-corrected chi connectivity index (χ2v) is 5.22. The van der Waals surface area contributed by atoms with E-state index < -0.39 is 0 Å². The van der Waals surface area contributed by atoms with Crippen LogP contribution in [0.5, 0.6) is 0 Å². The van der Waals surface area contributed by atoms with Gasteiger partial charge in [-0.2, -0.15) is 0 Å². The van der Waals surface area contributed by atoms with Crippen LogP contribution in [0.2, 0.25) is 0 Å². The number of aromatic nitrogens is 1. The van der Waals surface area contributed by atoms with Gasteiger partial charge in [0, 0.05) is 8.95 Å². The Hall–Kier alpha value is -0.940. The van der Waals surface area contributed by atoms with Crippen molar-refractivity contribution in [3.63, 3.8) is 0 Å². The minimum atomic E-state index is -0.287. The number of rotatable bonds is 2. The number of nitrogens with zero attached hydrogens (tertiary/aromatic N) is 1. The molecule has 0 unspecified atom stereocenters. The molecule has 17 heavy (non-hydrogen) atoms. The number of hydrogen-bond donors (Lipinski definition) is 1. The maximum absolute atomic E-state index is 13.1. The Morgan fingerprint density at radius 2 is 1.82 bits per heavy atom. The predicted octanol–water partition coefficient (Wildman–Crippen LogP) is 4.80. The van der Waals surface area contributed by atoms with E-state index in [1.807, 2.05) is 19.1 Å². The molecule has 5 heteroatoms. The van der Waals surface area contributed by atoms with Crippen LogP contribution in [0, 0.1) is 12.7 Å². The lowest BCUT2D eigenvalue weighted by molar-refractivity contribution is 0.628. The van der Waals surface area contributed by atoms with E-state index in [-0.39, 0.29) is 5.82 Å². The normalized spacial score (nSPS) is 10.4. The van der Waals surface area contributed by atoms with Gasteiger partial charge in [-0.1, -0.05) is 0 Å². The van der Waals surface area contributed by atoms with E-state index in [2.05, 4.69) is 42.2 Å². The largest absolute Gasteiger partial charge is 0.339 e. The summed E-state index contributed by atoms with van der Waals surface area (Å²) in [6.45, 7) is 1.90. The molecule has 2 nitrogen and oxygen atoms in total. The van der Waals surface area contributed by atoms with Gasteiger partial charge < -0.3 is 5.32 Å². The smallest absolute Gasteiger partial charge is 0.130 e. The number of benzene rings is 1. The zero-order valence-electron chi connectivity index (χ0n) is 8.97. The van der Waals surface area contributed by atoms with Crippen molar-refractivity contribution in [3.8, 4) is 0 Å². The van der Waals surface area contributed by atoms with Crippen molar-refractivity contribution in [1.29, 1.82) is 0 Å². The molecule has 1 heterocycles. The molecule has 2 aromatic rings. The number of anilines is 2. The summed E-state index contributed by atoms with van der Waals surface area (Å²) in [5.41, 5.74) is 1.53. The third-order valence-corrected chi connectivity index (χ3v) is 3.74. The summed E-state index contributed by atoms with van der Waals surface area (Å²) in [6, 6.07) is 8.20. The van der Waals surface area contributed by atoms with Crippen LogP contribution in [-0.2, 0) is 0 Å². The summed E-state index contributed by atoms with van der Waals surface area (Å²) in [6.07, 6.45) is 0. The molecule has 88 valence electrons. The first-order valence-electron chi connectivity index (χ1n) is 4.91. The standard InChI is InChI=1S/C12H9Br2FN2/c1-7-9(13)4-5-12(16-7)17-11-6-8(15)2-3-10(11)14/h2-6H,1H3,(H,16,17). The first-order valence-corrected chi connectivity index (χ1v) is 6.50. The Balaban J connectivity index is 2.31. The molecular formula is C12H9Br2FN2. The van der Waals surface area contributed by atoms with Crippen molar-refractivity contribution in [2.75, 3.05) is 5.32 Å². The summed E-state index contributed by atoms with van der Waals surface area (Å²) in [5, 5.41) is 3.06. The molecule has 1 aromatic heterocycles. The Morgan fingerprint density at radius 1 is 1.12 bits per heavy atom. The fraction of sp³-hybridized carbons (Fsp3) is 0.0833. The van der Waals surface area contributed by atoms with E-state index in [0.29, 0.717) is 11.5 Å². The molecule has 0 fully saturated rings. The quantitative estimate of drug-likeness (QED) is 0.833. The van der Waals surface area contributed by atoms with Crippen LogP contribution in [0.3, 0.4) is 0 Å². The van der Waals surface area contributed by atoms with E-state index >= 15 is 0 Å². The van der Waals surface area contributed by atoms with Gasteiger partial charge in [-0.3, -0.25) is 0 Å². The summed E-state index contributed by atoms with van der Waals surface area (Å²) >= 11 is 6.74. The Kier molecular flexibility index (Phi) is 3.79. The molecule has 2 rings (SSSR count). The van der Waals surface area contributed by atoms with E-state index in [0.717, 1.165) is 14.6 Å². The summed E-state index contributed by atoms with van der Waals surface area (Å²) in [5.74, 6) is 0.390. The number of halogens is 3. The van der Waals surface area contributed by atoms with Crippen molar-refractivity contribution < 1.29 is 4.39 Å². The van der Waals surface area contributed by atoms with E-state index in [9.17, 15) is 4.39 Å². The Labute approximate surface area is 116 Å². The van der Waals surface area contributed by atoms with Crippen LogP contribution in [0.25, 0.3) is 0 Å². The molecule has 0 saturated carbocycles. The molecule has 0 bridgehead atoms. The van der Waals surface area contributed by atoms with Crippen LogP contribution >= 0.6 is 31.9 Å². The first-order chi connectivity index (χ1) is 8.06. The SMILES string of the molecule is Cc1nc(Nc2cc(F)ccc2Br)ccc1Br. The maximum atomic E-state index is 13.1. The topological polar surface area (TPSA) is 24.9 Å². The highest BCUT2D eigenvalue weighted by Crippen LogP contribution is 2.26. The fourth-order valence-corrected chi connectivity index (χ4v) is 1.91. The summed E-state index contributed by atoms with van der Waals surface area (Å²) in [7, 11) is 0. The predicted molar refractivity (Wildman–Crippen MR) is 74.1 cm³/mol. The molecule has 0 radical (unpaired) electrons. The second-order valence-electron chi connectivity index (χ2n) is 3.51. The van der Waals surface area contributed by atoms with Gasteiger partial charge in [-0.05, 0) is 69.1 Å². The van der Waals surface area contributed by atoms with Crippen molar-refractivity contribution >= 4 is 43.4 Å². The van der Waals surface area contributed by atoms with Gasteiger partial charge in [0.1, 0.15) is 11.6 Å². The second kappa shape index (κ2) is 5.14. The molecule has 0 atom stereocenters. The lowest BCUT2D eigenvalue weighted by Crippen LogP contribution is -1.96. The van der Waals surface area contributed by atoms with Gasteiger partial charge in [-0.15, -0.1) is 0 Å². The monoisotopic (exact) mass is 358 g/mol. The molecule has 0 saturated heterocycles. The molecular weight excluding hydrogens is 351 g/mol. The number of aryl methyl sites for hydroxylation is 1. The summed E-state index contributed by atoms with van der Waals surface area (Å²) in [4.78, 5) is 4.34. The lowest BCUT2D eigenvalue weighted by Gasteiger charge is -2.09. The Morgan fingerprint density at radius 3 is 2.53 bits per heavy atom. The molecule has 1 aromatic carbocycles. The highest BCUT2D eigenvalue weighted by atomic mass is 79.9. The number of nitrogens with one attached hydrogen (secondary N) is 1. The zero-order chi connectivity index (χ0) is 12.4. The highest BCUT2D eigenvalue weighted by molar-refractivity contribution is 9.10. The third-order valence-electron chi connectivity index (χ3n) is 2.21. The van der Waals surface area contributed by atoms with Crippen molar-refractivity contribution in [3.05, 3.63) is 50.8 Å². The van der Waals surface area contributed by atoms with Gasteiger partial charge in [0.2, 0.25) is 0 Å². The molecule has 0 aliphatic carbocycles. The van der Waals surface area contributed by atoms with Crippen LogP contribution in [0.4, 0.5) is 15.9 Å². The number of hydrogen-bond acceptors (Lipinski definition) is 2.